The van der Waals surface area contributed by atoms with E-state index < -0.39 is 0 Å². The molecule has 1 aromatic carbocycles. The first-order chi connectivity index (χ1) is 12.1. The van der Waals surface area contributed by atoms with Gasteiger partial charge in [0.2, 0.25) is 5.91 Å². The molecule has 0 unspecified atom stereocenters. The highest BCUT2D eigenvalue weighted by atomic mass is 35.5. The van der Waals surface area contributed by atoms with Gasteiger partial charge in [-0.25, -0.2) is 4.39 Å². The SMILES string of the molecule is Cl.Cl.N[C@@H]1CCC[C@H]1CC(=O)NCc1cc(Oc2ccc(F)cc2)ccn1. The summed E-state index contributed by atoms with van der Waals surface area (Å²) in [4.78, 5) is 16.3. The zero-order valence-electron chi connectivity index (χ0n) is 14.8. The number of carbonyl (C=O) groups excluding carboxylic acids is 1. The van der Waals surface area contributed by atoms with E-state index in [2.05, 4.69) is 10.3 Å². The number of carbonyl (C=O) groups is 1. The Morgan fingerprint density at radius 1 is 1.19 bits per heavy atom. The van der Waals surface area contributed by atoms with Gasteiger partial charge in [0, 0.05) is 24.7 Å². The molecule has 1 aromatic heterocycles. The van der Waals surface area contributed by atoms with Crippen molar-refractivity contribution in [3.05, 3.63) is 54.1 Å². The van der Waals surface area contributed by atoms with Crippen molar-refractivity contribution < 1.29 is 13.9 Å². The summed E-state index contributed by atoms with van der Waals surface area (Å²) in [5.74, 6) is 1.09. The van der Waals surface area contributed by atoms with Gasteiger partial charge in [-0.2, -0.15) is 0 Å². The minimum atomic E-state index is -0.313. The van der Waals surface area contributed by atoms with Gasteiger partial charge in [-0.15, -0.1) is 24.8 Å². The summed E-state index contributed by atoms with van der Waals surface area (Å²) in [5, 5.41) is 2.88. The second-order valence-electron chi connectivity index (χ2n) is 6.37. The Morgan fingerprint density at radius 2 is 1.93 bits per heavy atom. The van der Waals surface area contributed by atoms with Crippen LogP contribution in [0, 0.1) is 11.7 Å². The molecule has 1 heterocycles. The molecule has 1 aliphatic carbocycles. The number of ether oxygens (including phenoxy) is 1. The molecular formula is C19H24Cl2FN3O2. The first kappa shape index (κ1) is 23.1. The van der Waals surface area contributed by atoms with E-state index in [-0.39, 0.29) is 48.5 Å². The molecule has 1 aliphatic rings. The topological polar surface area (TPSA) is 77.2 Å². The van der Waals surface area contributed by atoms with Crippen LogP contribution in [0.3, 0.4) is 0 Å². The van der Waals surface area contributed by atoms with E-state index >= 15 is 0 Å². The minimum Gasteiger partial charge on any atom is -0.457 e. The number of benzene rings is 1. The van der Waals surface area contributed by atoms with E-state index in [1.807, 2.05) is 0 Å². The molecule has 2 aromatic rings. The van der Waals surface area contributed by atoms with E-state index in [9.17, 15) is 9.18 Å². The standard InChI is InChI=1S/C19H22FN3O2.2ClH/c20-14-4-6-16(7-5-14)25-17-8-9-22-15(11-17)12-23-19(24)10-13-2-1-3-18(13)21;;/h4-9,11,13,18H,1-3,10,12,21H2,(H,23,24);2*1H/t13-,18+;;/m0../s1. The summed E-state index contributed by atoms with van der Waals surface area (Å²) >= 11 is 0. The van der Waals surface area contributed by atoms with Gasteiger partial charge >= 0.3 is 0 Å². The van der Waals surface area contributed by atoms with Crippen LogP contribution in [-0.2, 0) is 11.3 Å². The summed E-state index contributed by atoms with van der Waals surface area (Å²) in [6.07, 6.45) is 5.21. The molecule has 0 spiro atoms. The fourth-order valence-corrected chi connectivity index (χ4v) is 3.07. The summed E-state index contributed by atoms with van der Waals surface area (Å²) < 4.78 is 18.6. The molecule has 3 N–H and O–H groups in total. The highest BCUT2D eigenvalue weighted by molar-refractivity contribution is 5.85. The van der Waals surface area contributed by atoms with Crippen LogP contribution in [0.15, 0.2) is 42.6 Å². The molecule has 0 radical (unpaired) electrons. The summed E-state index contributed by atoms with van der Waals surface area (Å²) in [6.45, 7) is 0.335. The van der Waals surface area contributed by atoms with Gasteiger partial charge in [-0.3, -0.25) is 9.78 Å². The maximum Gasteiger partial charge on any atom is 0.220 e. The number of nitrogens with zero attached hydrogens (tertiary/aromatic N) is 1. The van der Waals surface area contributed by atoms with Gasteiger partial charge < -0.3 is 15.8 Å². The van der Waals surface area contributed by atoms with Crippen molar-refractivity contribution in [3.63, 3.8) is 0 Å². The van der Waals surface area contributed by atoms with Crippen LogP contribution in [0.4, 0.5) is 4.39 Å². The molecule has 0 saturated heterocycles. The third kappa shape index (κ3) is 6.97. The zero-order chi connectivity index (χ0) is 17.6. The third-order valence-corrected chi connectivity index (χ3v) is 4.47. The van der Waals surface area contributed by atoms with Crippen LogP contribution in [0.5, 0.6) is 11.5 Å². The number of rotatable bonds is 6. The van der Waals surface area contributed by atoms with E-state index in [1.54, 1.807) is 30.5 Å². The van der Waals surface area contributed by atoms with Crippen molar-refractivity contribution in [3.8, 4) is 11.5 Å². The Labute approximate surface area is 170 Å². The number of pyridine rings is 1. The fraction of sp³-hybridized carbons (Fsp3) is 0.368. The maximum absolute atomic E-state index is 12.9. The average Bonchev–Trinajstić information content (AvgIpc) is 3.00. The number of halogens is 3. The average molecular weight is 416 g/mol. The van der Waals surface area contributed by atoms with Gasteiger partial charge in [0.15, 0.2) is 0 Å². The molecular weight excluding hydrogens is 392 g/mol. The number of hydrogen-bond donors (Lipinski definition) is 2. The van der Waals surface area contributed by atoms with Gasteiger partial charge in [0.1, 0.15) is 17.3 Å². The predicted octanol–water partition coefficient (Wildman–Crippen LogP) is 3.99. The van der Waals surface area contributed by atoms with E-state index in [1.165, 1.54) is 12.1 Å². The van der Waals surface area contributed by atoms with Crippen LogP contribution in [0.25, 0.3) is 0 Å². The highest BCUT2D eigenvalue weighted by Gasteiger charge is 2.25. The normalized spacial score (nSPS) is 18.1. The van der Waals surface area contributed by atoms with Crippen LogP contribution in [0.2, 0.25) is 0 Å². The second kappa shape index (κ2) is 11.1. The molecule has 2 atom stereocenters. The van der Waals surface area contributed by atoms with E-state index in [0.717, 1.165) is 19.3 Å². The molecule has 0 bridgehead atoms. The smallest absolute Gasteiger partial charge is 0.220 e. The maximum atomic E-state index is 12.9. The lowest BCUT2D eigenvalue weighted by Crippen LogP contribution is -2.31. The number of aromatic nitrogens is 1. The second-order valence-corrected chi connectivity index (χ2v) is 6.37. The van der Waals surface area contributed by atoms with Gasteiger partial charge in [-0.05, 0) is 49.1 Å². The molecule has 27 heavy (non-hydrogen) atoms. The molecule has 1 amide bonds. The third-order valence-electron chi connectivity index (χ3n) is 4.47. The van der Waals surface area contributed by atoms with Crippen LogP contribution in [0.1, 0.15) is 31.4 Å². The summed E-state index contributed by atoms with van der Waals surface area (Å²) in [6, 6.07) is 9.40. The lowest BCUT2D eigenvalue weighted by molar-refractivity contribution is -0.122. The number of amides is 1. The monoisotopic (exact) mass is 415 g/mol. The Balaban J connectivity index is 0.00000182. The van der Waals surface area contributed by atoms with Crippen molar-refractivity contribution in [2.75, 3.05) is 0 Å². The van der Waals surface area contributed by atoms with Gasteiger partial charge in [0.25, 0.3) is 0 Å². The largest absolute Gasteiger partial charge is 0.457 e. The van der Waals surface area contributed by atoms with Crippen molar-refractivity contribution in [2.45, 2.75) is 38.3 Å². The fourth-order valence-electron chi connectivity index (χ4n) is 3.07. The van der Waals surface area contributed by atoms with Gasteiger partial charge in [-0.1, -0.05) is 6.42 Å². The first-order valence-electron chi connectivity index (χ1n) is 8.51. The molecule has 1 fully saturated rings. The van der Waals surface area contributed by atoms with E-state index in [0.29, 0.717) is 30.2 Å². The van der Waals surface area contributed by atoms with Crippen molar-refractivity contribution in [1.82, 2.24) is 10.3 Å². The molecule has 1 saturated carbocycles. The quantitative estimate of drug-likeness (QED) is 0.747. The summed E-state index contributed by atoms with van der Waals surface area (Å²) in [7, 11) is 0. The Bertz CT molecular complexity index is 731. The van der Waals surface area contributed by atoms with Crippen LogP contribution >= 0.6 is 24.8 Å². The van der Waals surface area contributed by atoms with Gasteiger partial charge in [0.05, 0.1) is 12.2 Å². The van der Waals surface area contributed by atoms with Crippen molar-refractivity contribution >= 4 is 30.7 Å². The number of hydrogen-bond acceptors (Lipinski definition) is 4. The predicted molar refractivity (Wildman–Crippen MR) is 107 cm³/mol. The first-order valence-corrected chi connectivity index (χ1v) is 8.51. The van der Waals surface area contributed by atoms with Crippen molar-refractivity contribution in [2.24, 2.45) is 11.7 Å². The molecule has 3 rings (SSSR count). The van der Waals surface area contributed by atoms with E-state index in [4.69, 9.17) is 10.5 Å². The Kier molecular flexibility index (Phi) is 9.49. The molecule has 0 aliphatic heterocycles. The van der Waals surface area contributed by atoms with Crippen LogP contribution in [-0.4, -0.2) is 16.9 Å². The molecule has 5 nitrogen and oxygen atoms in total. The minimum absolute atomic E-state index is 0. The highest BCUT2D eigenvalue weighted by Crippen LogP contribution is 2.26. The number of nitrogens with one attached hydrogen (secondary N) is 1. The molecule has 148 valence electrons. The van der Waals surface area contributed by atoms with Crippen LogP contribution < -0.4 is 15.8 Å². The lowest BCUT2D eigenvalue weighted by Gasteiger charge is -2.14. The summed E-state index contributed by atoms with van der Waals surface area (Å²) in [5.41, 5.74) is 6.70. The lowest BCUT2D eigenvalue weighted by atomic mass is 10.00. The zero-order valence-corrected chi connectivity index (χ0v) is 16.4. The number of nitrogens with two attached hydrogens (primary N) is 1. The molecule has 8 heteroatoms. The Morgan fingerprint density at radius 3 is 2.59 bits per heavy atom. The van der Waals surface area contributed by atoms with Crippen molar-refractivity contribution in [1.29, 1.82) is 0 Å². The Hall–Kier alpha value is -1.89.